The summed E-state index contributed by atoms with van der Waals surface area (Å²) in [5.41, 5.74) is 2.79. The molecule has 0 aliphatic carbocycles. The van der Waals surface area contributed by atoms with Gasteiger partial charge in [-0.3, -0.25) is 4.79 Å². The lowest BCUT2D eigenvalue weighted by molar-refractivity contribution is -0.134. The second kappa shape index (κ2) is 14.9. The van der Waals surface area contributed by atoms with Crippen molar-refractivity contribution < 1.29 is 32.6 Å². The lowest BCUT2D eigenvalue weighted by atomic mass is 9.85. The van der Waals surface area contributed by atoms with E-state index in [4.69, 9.17) is 9.16 Å². The molecule has 10 heteroatoms. The van der Waals surface area contributed by atoms with Gasteiger partial charge in [-0.1, -0.05) is 75.4 Å². The summed E-state index contributed by atoms with van der Waals surface area (Å²) in [4.78, 5) is 29.4. The van der Waals surface area contributed by atoms with Crippen molar-refractivity contribution in [3.8, 4) is 5.75 Å². The quantitative estimate of drug-likeness (QED) is 0.144. The second-order valence-corrected chi connectivity index (χ2v) is 18.8. The first-order chi connectivity index (χ1) is 23.2. The third-order valence-corrected chi connectivity index (χ3v) is 14.1. The summed E-state index contributed by atoms with van der Waals surface area (Å²) in [6, 6.07) is 26.5. The third-order valence-electron chi connectivity index (χ3n) is 9.66. The average Bonchev–Trinajstić information content (AvgIpc) is 3.46. The van der Waals surface area contributed by atoms with E-state index in [0.717, 1.165) is 11.1 Å². The molecule has 0 unspecified atom stereocenters. The third kappa shape index (κ3) is 8.55. The number of phenols is 1. The Morgan fingerprint density at radius 1 is 0.898 bits per heavy atom. The van der Waals surface area contributed by atoms with E-state index >= 15 is 0 Å². The first kappa shape index (κ1) is 35.8. The summed E-state index contributed by atoms with van der Waals surface area (Å²) in [7, 11) is -2.36. The van der Waals surface area contributed by atoms with Gasteiger partial charge in [-0.2, -0.15) is 0 Å². The van der Waals surface area contributed by atoms with Crippen molar-refractivity contribution in [2.24, 2.45) is 5.92 Å². The Hall–Kier alpha value is -4.54. The summed E-state index contributed by atoms with van der Waals surface area (Å²) >= 11 is 0. The monoisotopic (exact) mass is 686 g/mol. The van der Waals surface area contributed by atoms with Gasteiger partial charge in [0.1, 0.15) is 30.0 Å². The molecule has 2 N–H and O–H groups in total. The van der Waals surface area contributed by atoms with Crippen molar-refractivity contribution in [2.45, 2.75) is 69.9 Å². The molecule has 2 amide bonds. The molecule has 4 aromatic carbocycles. The summed E-state index contributed by atoms with van der Waals surface area (Å²) in [6.07, 6.45) is -0.588. The van der Waals surface area contributed by atoms with Crippen LogP contribution in [0.1, 0.15) is 68.5 Å². The minimum Gasteiger partial charge on any atom is -0.508 e. The number of carbonyl (C=O) groups is 2. The molecule has 0 aromatic heterocycles. The van der Waals surface area contributed by atoms with Crippen LogP contribution in [0.25, 0.3) is 0 Å². The number of hydrogen-bond acceptors (Lipinski definition) is 6. The van der Waals surface area contributed by atoms with E-state index in [0.29, 0.717) is 17.7 Å². The summed E-state index contributed by atoms with van der Waals surface area (Å²) in [5.74, 6) is -2.03. The SMILES string of the molecule is CC(C)(C)[Si](C)(C)O[C@@H](CC[C@@H](C(=O)N1C(=O)OC[C@@H]1c1ccccc1)[C@H](Nc1ccc(F)cc1)c1ccc(O)cc1)c1ccc(F)cc1. The highest BCUT2D eigenvalue weighted by molar-refractivity contribution is 6.74. The molecule has 258 valence electrons. The Morgan fingerprint density at radius 3 is 2.06 bits per heavy atom. The molecule has 4 atom stereocenters. The van der Waals surface area contributed by atoms with E-state index in [9.17, 15) is 23.5 Å². The Morgan fingerprint density at radius 2 is 1.47 bits per heavy atom. The lowest BCUT2D eigenvalue weighted by Crippen LogP contribution is -2.43. The van der Waals surface area contributed by atoms with Crippen LogP contribution in [-0.2, 0) is 14.0 Å². The van der Waals surface area contributed by atoms with Crippen molar-refractivity contribution in [1.82, 2.24) is 4.90 Å². The van der Waals surface area contributed by atoms with Crippen LogP contribution < -0.4 is 5.32 Å². The number of aromatic hydroxyl groups is 1. The van der Waals surface area contributed by atoms with Crippen molar-refractivity contribution in [3.05, 3.63) is 131 Å². The molecule has 1 aliphatic heterocycles. The Kier molecular flexibility index (Phi) is 10.9. The predicted octanol–water partition coefficient (Wildman–Crippen LogP) is 9.70. The molecule has 0 bridgehead atoms. The fourth-order valence-corrected chi connectivity index (χ4v) is 7.17. The minimum atomic E-state index is -2.36. The summed E-state index contributed by atoms with van der Waals surface area (Å²) in [5, 5.41) is 13.4. The molecule has 0 saturated carbocycles. The number of nitrogens with zero attached hydrogens (tertiary/aromatic N) is 1. The summed E-state index contributed by atoms with van der Waals surface area (Å²) in [6.45, 7) is 10.7. The fourth-order valence-electron chi connectivity index (χ4n) is 5.85. The van der Waals surface area contributed by atoms with Crippen LogP contribution in [0, 0.1) is 17.6 Å². The zero-order valence-electron chi connectivity index (χ0n) is 28.5. The van der Waals surface area contributed by atoms with Crippen LogP contribution in [-0.4, -0.2) is 36.9 Å². The topological polar surface area (TPSA) is 88.1 Å². The van der Waals surface area contributed by atoms with Crippen molar-refractivity contribution in [1.29, 1.82) is 0 Å². The molecule has 0 spiro atoms. The van der Waals surface area contributed by atoms with Crippen molar-refractivity contribution in [3.63, 3.8) is 0 Å². The Balaban J connectivity index is 1.58. The summed E-state index contributed by atoms with van der Waals surface area (Å²) < 4.78 is 40.4. The van der Waals surface area contributed by atoms with Crippen LogP contribution in [0.5, 0.6) is 5.75 Å². The zero-order valence-corrected chi connectivity index (χ0v) is 29.5. The fraction of sp³-hybridized carbons (Fsp3) is 0.333. The predicted molar refractivity (Wildman–Crippen MR) is 188 cm³/mol. The molecule has 5 rings (SSSR count). The van der Waals surface area contributed by atoms with E-state index in [1.54, 1.807) is 36.4 Å². The smallest absolute Gasteiger partial charge is 0.417 e. The average molecular weight is 687 g/mol. The number of imide groups is 1. The van der Waals surface area contributed by atoms with Gasteiger partial charge in [-0.15, -0.1) is 0 Å². The molecular formula is C39H44F2N2O5Si. The number of phenolic OH excluding ortho intramolecular Hbond substituents is 1. The largest absolute Gasteiger partial charge is 0.508 e. The van der Waals surface area contributed by atoms with E-state index in [1.165, 1.54) is 41.3 Å². The normalized spacial score (nSPS) is 16.9. The van der Waals surface area contributed by atoms with Gasteiger partial charge in [-0.25, -0.2) is 18.5 Å². The van der Waals surface area contributed by atoms with Crippen molar-refractivity contribution in [2.75, 3.05) is 11.9 Å². The highest BCUT2D eigenvalue weighted by Gasteiger charge is 2.45. The number of nitrogens with one attached hydrogen (secondary N) is 1. The maximum absolute atomic E-state index is 14.9. The van der Waals surface area contributed by atoms with Crippen LogP contribution in [0.15, 0.2) is 103 Å². The van der Waals surface area contributed by atoms with Gasteiger partial charge in [0, 0.05) is 5.69 Å². The Bertz CT molecular complexity index is 1710. The van der Waals surface area contributed by atoms with Crippen LogP contribution in [0.4, 0.5) is 19.3 Å². The standard InChI is InChI=1S/C39H44F2N2O5Si/c1-39(2,3)49(4,5)48-35(27-11-15-29(40)16-12-27)24-23-33(37(45)43-34(25-47-38(43)46)26-9-7-6-8-10-26)36(28-13-21-32(44)22-14-28)42-31-19-17-30(41)18-20-31/h6-22,33-36,42,44H,23-25H2,1-5H3/t33-,34-,35+,36-/m1/s1. The highest BCUT2D eigenvalue weighted by atomic mass is 28.4. The lowest BCUT2D eigenvalue weighted by Gasteiger charge is -2.40. The number of carbonyl (C=O) groups excluding carboxylic acids is 2. The molecule has 1 heterocycles. The molecular weight excluding hydrogens is 643 g/mol. The van der Waals surface area contributed by atoms with Crippen LogP contribution in [0.2, 0.25) is 18.1 Å². The Labute approximate surface area is 288 Å². The molecule has 4 aromatic rings. The second-order valence-electron chi connectivity index (χ2n) is 14.0. The number of halogens is 2. The highest BCUT2D eigenvalue weighted by Crippen LogP contribution is 2.43. The zero-order chi connectivity index (χ0) is 35.3. The van der Waals surface area contributed by atoms with Gasteiger partial charge in [0.2, 0.25) is 5.91 Å². The van der Waals surface area contributed by atoms with Crippen LogP contribution in [0.3, 0.4) is 0 Å². The molecule has 1 saturated heterocycles. The maximum Gasteiger partial charge on any atom is 0.417 e. The van der Waals surface area contributed by atoms with E-state index < -0.39 is 50.2 Å². The number of amides is 2. The number of benzene rings is 4. The van der Waals surface area contributed by atoms with Gasteiger partial charge in [0.25, 0.3) is 0 Å². The molecule has 0 radical (unpaired) electrons. The van der Waals surface area contributed by atoms with E-state index in [1.807, 2.05) is 30.3 Å². The van der Waals surface area contributed by atoms with E-state index in [2.05, 4.69) is 39.2 Å². The molecule has 7 nitrogen and oxygen atoms in total. The van der Waals surface area contributed by atoms with Gasteiger partial charge in [-0.05, 0) is 96.2 Å². The number of cyclic esters (lactones) is 1. The van der Waals surface area contributed by atoms with Crippen molar-refractivity contribution >= 4 is 26.0 Å². The molecule has 1 aliphatic rings. The number of hydrogen-bond donors (Lipinski definition) is 2. The minimum absolute atomic E-state index is 0.0171. The first-order valence-electron chi connectivity index (χ1n) is 16.5. The number of ether oxygens (including phenoxy) is 1. The van der Waals surface area contributed by atoms with Gasteiger partial charge in [0.15, 0.2) is 8.32 Å². The molecule has 1 fully saturated rings. The van der Waals surface area contributed by atoms with Gasteiger partial charge < -0.3 is 19.6 Å². The number of rotatable bonds is 12. The molecule has 49 heavy (non-hydrogen) atoms. The van der Waals surface area contributed by atoms with Crippen LogP contribution >= 0.6 is 0 Å². The number of anilines is 1. The maximum atomic E-state index is 14.9. The van der Waals surface area contributed by atoms with Gasteiger partial charge >= 0.3 is 6.09 Å². The first-order valence-corrected chi connectivity index (χ1v) is 19.4. The van der Waals surface area contributed by atoms with Gasteiger partial charge in [0.05, 0.1) is 18.1 Å². The van der Waals surface area contributed by atoms with E-state index in [-0.39, 0.29) is 29.6 Å².